The summed E-state index contributed by atoms with van der Waals surface area (Å²) in [6.07, 6.45) is 3.14. The first-order valence-corrected chi connectivity index (χ1v) is 9.06. The Hall–Kier alpha value is -2.92. The van der Waals surface area contributed by atoms with Gasteiger partial charge in [0.05, 0.1) is 6.61 Å². The fourth-order valence-electron chi connectivity index (χ4n) is 2.48. The molecular formula is C22H26N2O3. The van der Waals surface area contributed by atoms with Crippen molar-refractivity contribution in [3.63, 3.8) is 0 Å². The zero-order chi connectivity index (χ0) is 19.5. The van der Waals surface area contributed by atoms with Crippen LogP contribution in [-0.2, 0) is 27.5 Å². The lowest BCUT2D eigenvalue weighted by atomic mass is 10.1. The minimum absolute atomic E-state index is 0.234. The predicted octanol–water partition coefficient (Wildman–Crippen LogP) is 3.06. The van der Waals surface area contributed by atoms with Crippen molar-refractivity contribution in [2.75, 3.05) is 6.61 Å². The molecular weight excluding hydrogens is 340 g/mol. The number of ether oxygens (including phenoxy) is 1. The fraction of sp³-hybridized carbons (Fsp3) is 0.273. The monoisotopic (exact) mass is 366 g/mol. The van der Waals surface area contributed by atoms with E-state index >= 15 is 0 Å². The molecule has 27 heavy (non-hydrogen) atoms. The molecule has 0 fully saturated rings. The van der Waals surface area contributed by atoms with Gasteiger partial charge in [-0.3, -0.25) is 9.59 Å². The molecule has 2 aromatic carbocycles. The number of hydrogen-bond donors (Lipinski definition) is 2. The lowest BCUT2D eigenvalue weighted by molar-refractivity contribution is -0.126. The smallest absolute Gasteiger partial charge is 0.244 e. The standard InChI is InChI=1S/C22H26N2O3/c1-3-27-16-20-12-8-7-11-19(20)15-23-22(26)17(2)24-21(25)14-13-18-9-5-4-6-10-18/h4-14,17H,3,15-16H2,1-2H3,(H,23,26)(H,24,25)/b14-13+. The van der Waals surface area contributed by atoms with Gasteiger partial charge in [0.25, 0.3) is 0 Å². The summed E-state index contributed by atoms with van der Waals surface area (Å²) >= 11 is 0. The van der Waals surface area contributed by atoms with Crippen molar-refractivity contribution in [1.29, 1.82) is 0 Å². The van der Waals surface area contributed by atoms with Gasteiger partial charge in [-0.05, 0) is 36.6 Å². The van der Waals surface area contributed by atoms with Crippen LogP contribution in [0, 0.1) is 0 Å². The fourth-order valence-corrected chi connectivity index (χ4v) is 2.48. The number of carbonyl (C=O) groups is 2. The maximum atomic E-state index is 12.3. The molecule has 142 valence electrons. The van der Waals surface area contributed by atoms with Gasteiger partial charge >= 0.3 is 0 Å². The predicted molar refractivity (Wildman–Crippen MR) is 107 cm³/mol. The second kappa shape index (κ2) is 10.9. The van der Waals surface area contributed by atoms with Gasteiger partial charge in [0.1, 0.15) is 6.04 Å². The Balaban J connectivity index is 1.83. The lowest BCUT2D eigenvalue weighted by Gasteiger charge is -2.15. The average Bonchev–Trinajstić information content (AvgIpc) is 2.70. The zero-order valence-corrected chi connectivity index (χ0v) is 15.8. The molecule has 0 aliphatic rings. The Labute approximate surface area is 160 Å². The number of nitrogens with one attached hydrogen (secondary N) is 2. The largest absolute Gasteiger partial charge is 0.377 e. The maximum Gasteiger partial charge on any atom is 0.244 e. The third-order valence-electron chi connectivity index (χ3n) is 4.01. The van der Waals surface area contributed by atoms with E-state index in [1.807, 2.05) is 61.5 Å². The van der Waals surface area contributed by atoms with E-state index in [2.05, 4.69) is 10.6 Å². The molecule has 5 heteroatoms. The van der Waals surface area contributed by atoms with Crippen molar-refractivity contribution in [2.24, 2.45) is 0 Å². The van der Waals surface area contributed by atoms with Crippen molar-refractivity contribution in [3.05, 3.63) is 77.4 Å². The van der Waals surface area contributed by atoms with Crippen LogP contribution < -0.4 is 10.6 Å². The molecule has 0 bridgehead atoms. The van der Waals surface area contributed by atoms with Crippen LogP contribution >= 0.6 is 0 Å². The number of amides is 2. The van der Waals surface area contributed by atoms with Crippen LogP contribution in [0.4, 0.5) is 0 Å². The Morgan fingerprint density at radius 2 is 1.70 bits per heavy atom. The van der Waals surface area contributed by atoms with Crippen LogP contribution in [0.3, 0.4) is 0 Å². The van der Waals surface area contributed by atoms with E-state index in [1.54, 1.807) is 13.0 Å². The summed E-state index contributed by atoms with van der Waals surface area (Å²) in [7, 11) is 0. The molecule has 2 N–H and O–H groups in total. The van der Waals surface area contributed by atoms with Gasteiger partial charge in [-0.15, -0.1) is 0 Å². The minimum atomic E-state index is -0.628. The number of rotatable bonds is 9. The lowest BCUT2D eigenvalue weighted by Crippen LogP contribution is -2.44. The van der Waals surface area contributed by atoms with E-state index in [0.29, 0.717) is 19.8 Å². The summed E-state index contributed by atoms with van der Waals surface area (Å²) in [5.41, 5.74) is 2.97. The summed E-state index contributed by atoms with van der Waals surface area (Å²) in [6, 6.07) is 16.7. The van der Waals surface area contributed by atoms with Crippen molar-refractivity contribution in [3.8, 4) is 0 Å². The van der Waals surface area contributed by atoms with Gasteiger partial charge in [0.15, 0.2) is 0 Å². The molecule has 5 nitrogen and oxygen atoms in total. The Morgan fingerprint density at radius 3 is 2.41 bits per heavy atom. The first-order chi connectivity index (χ1) is 13.1. The Morgan fingerprint density at radius 1 is 1.04 bits per heavy atom. The molecule has 1 atom stereocenters. The molecule has 0 aromatic heterocycles. The van der Waals surface area contributed by atoms with Crippen LogP contribution in [-0.4, -0.2) is 24.5 Å². The van der Waals surface area contributed by atoms with Gasteiger partial charge < -0.3 is 15.4 Å². The molecule has 0 radical (unpaired) electrons. The van der Waals surface area contributed by atoms with Gasteiger partial charge in [0.2, 0.25) is 11.8 Å². The quantitative estimate of drug-likeness (QED) is 0.670. The van der Waals surface area contributed by atoms with Gasteiger partial charge in [-0.25, -0.2) is 0 Å². The summed E-state index contributed by atoms with van der Waals surface area (Å²) in [4.78, 5) is 24.3. The first-order valence-electron chi connectivity index (χ1n) is 9.06. The second-order valence-electron chi connectivity index (χ2n) is 6.10. The van der Waals surface area contributed by atoms with Crippen molar-refractivity contribution < 1.29 is 14.3 Å². The summed E-state index contributed by atoms with van der Waals surface area (Å²) < 4.78 is 5.45. The number of benzene rings is 2. The van der Waals surface area contributed by atoms with Crippen molar-refractivity contribution >= 4 is 17.9 Å². The molecule has 0 spiro atoms. The minimum Gasteiger partial charge on any atom is -0.377 e. The van der Waals surface area contributed by atoms with Crippen LogP contribution in [0.1, 0.15) is 30.5 Å². The SMILES string of the molecule is CCOCc1ccccc1CNC(=O)C(C)NC(=O)/C=C/c1ccccc1. The number of hydrogen-bond acceptors (Lipinski definition) is 3. The Bertz CT molecular complexity index is 772. The highest BCUT2D eigenvalue weighted by Crippen LogP contribution is 2.10. The van der Waals surface area contributed by atoms with Crippen LogP contribution in [0.15, 0.2) is 60.7 Å². The van der Waals surface area contributed by atoms with E-state index in [0.717, 1.165) is 16.7 Å². The van der Waals surface area contributed by atoms with Crippen molar-refractivity contribution in [2.45, 2.75) is 33.0 Å². The third-order valence-corrected chi connectivity index (χ3v) is 4.01. The van der Waals surface area contributed by atoms with E-state index in [1.165, 1.54) is 6.08 Å². The third kappa shape index (κ3) is 7.07. The Kier molecular flexibility index (Phi) is 8.26. The van der Waals surface area contributed by atoms with E-state index in [-0.39, 0.29) is 11.8 Å². The molecule has 2 aromatic rings. The van der Waals surface area contributed by atoms with Gasteiger partial charge in [-0.2, -0.15) is 0 Å². The highest BCUT2D eigenvalue weighted by molar-refractivity contribution is 5.95. The maximum absolute atomic E-state index is 12.3. The first kappa shape index (κ1) is 20.4. The van der Waals surface area contributed by atoms with Crippen molar-refractivity contribution in [1.82, 2.24) is 10.6 Å². The molecule has 0 heterocycles. The topological polar surface area (TPSA) is 67.4 Å². The number of carbonyl (C=O) groups excluding carboxylic acids is 2. The normalized spacial score (nSPS) is 11.9. The molecule has 1 unspecified atom stereocenters. The average molecular weight is 366 g/mol. The van der Waals surface area contributed by atoms with Gasteiger partial charge in [-0.1, -0.05) is 54.6 Å². The summed E-state index contributed by atoms with van der Waals surface area (Å²) in [5, 5.41) is 5.53. The second-order valence-corrected chi connectivity index (χ2v) is 6.10. The zero-order valence-electron chi connectivity index (χ0n) is 15.8. The van der Waals surface area contributed by atoms with E-state index in [4.69, 9.17) is 4.74 Å². The molecule has 2 amide bonds. The van der Waals surface area contributed by atoms with Crippen LogP contribution in [0.2, 0.25) is 0 Å². The molecule has 0 aliphatic carbocycles. The van der Waals surface area contributed by atoms with E-state index in [9.17, 15) is 9.59 Å². The highest BCUT2D eigenvalue weighted by Gasteiger charge is 2.14. The summed E-state index contributed by atoms with van der Waals surface area (Å²) in [6.45, 7) is 5.15. The van der Waals surface area contributed by atoms with Crippen LogP contribution in [0.25, 0.3) is 6.08 Å². The highest BCUT2D eigenvalue weighted by atomic mass is 16.5. The van der Waals surface area contributed by atoms with Gasteiger partial charge in [0, 0.05) is 19.2 Å². The summed E-state index contributed by atoms with van der Waals surface area (Å²) in [5.74, 6) is -0.541. The van der Waals surface area contributed by atoms with Crippen LogP contribution in [0.5, 0.6) is 0 Å². The molecule has 0 aliphatic heterocycles. The molecule has 0 saturated carbocycles. The molecule has 2 rings (SSSR count). The van der Waals surface area contributed by atoms with E-state index < -0.39 is 6.04 Å². The molecule has 0 saturated heterocycles.